The van der Waals surface area contributed by atoms with Crippen molar-refractivity contribution in [3.63, 3.8) is 0 Å². The normalized spacial score (nSPS) is 22.2. The van der Waals surface area contributed by atoms with E-state index in [0.717, 1.165) is 37.7 Å². The first-order chi connectivity index (χ1) is 10.1. The van der Waals surface area contributed by atoms with Crippen molar-refractivity contribution >= 4 is 5.95 Å². The summed E-state index contributed by atoms with van der Waals surface area (Å²) in [6, 6.07) is 0. The number of rotatable bonds is 7. The molecule has 0 radical (unpaired) electrons. The Morgan fingerprint density at radius 3 is 2.24 bits per heavy atom. The van der Waals surface area contributed by atoms with E-state index in [1.54, 1.807) is 14.2 Å². The molecule has 1 aromatic rings. The van der Waals surface area contributed by atoms with Gasteiger partial charge in [0.25, 0.3) is 0 Å². The molecule has 0 aromatic carbocycles. The van der Waals surface area contributed by atoms with Crippen molar-refractivity contribution in [1.82, 2.24) is 15.3 Å². The van der Waals surface area contributed by atoms with Gasteiger partial charge in [0.1, 0.15) is 12.2 Å². The summed E-state index contributed by atoms with van der Waals surface area (Å²) in [5, 5.41) is 3.39. The van der Waals surface area contributed by atoms with Gasteiger partial charge < -0.3 is 19.7 Å². The average Bonchev–Trinajstić information content (AvgIpc) is 2.91. The van der Waals surface area contributed by atoms with Gasteiger partial charge in [0.05, 0.1) is 0 Å². The van der Waals surface area contributed by atoms with Crippen LogP contribution in [0.15, 0.2) is 12.4 Å². The molecule has 6 nitrogen and oxygen atoms in total. The molecule has 1 fully saturated rings. The van der Waals surface area contributed by atoms with E-state index < -0.39 is 0 Å². The molecule has 21 heavy (non-hydrogen) atoms. The van der Waals surface area contributed by atoms with Crippen molar-refractivity contribution in [1.29, 1.82) is 0 Å². The molecule has 1 aromatic heterocycles. The summed E-state index contributed by atoms with van der Waals surface area (Å²) in [4.78, 5) is 11.0. The molecule has 1 N–H and O–H groups in total. The Morgan fingerprint density at radius 2 is 1.76 bits per heavy atom. The van der Waals surface area contributed by atoms with Crippen LogP contribution in [0.3, 0.4) is 0 Å². The molecule has 0 aliphatic carbocycles. The Labute approximate surface area is 126 Å². The maximum atomic E-state index is 5.43. The van der Waals surface area contributed by atoms with E-state index in [4.69, 9.17) is 9.47 Å². The molecule has 2 atom stereocenters. The van der Waals surface area contributed by atoms with Gasteiger partial charge in [-0.3, -0.25) is 0 Å². The van der Waals surface area contributed by atoms with E-state index in [2.05, 4.69) is 34.0 Å². The minimum atomic E-state index is 0.0750. The number of hydrogen-bond donors (Lipinski definition) is 1. The molecular weight excluding hydrogens is 268 g/mol. The zero-order valence-corrected chi connectivity index (χ0v) is 13.4. The molecular formula is C15H26N4O2. The summed E-state index contributed by atoms with van der Waals surface area (Å²) in [6.45, 7) is 7.72. The van der Waals surface area contributed by atoms with Crippen LogP contribution in [0, 0.1) is 5.92 Å². The molecule has 1 saturated heterocycles. The molecule has 0 spiro atoms. The predicted octanol–water partition coefficient (Wildman–Crippen LogP) is 1.07. The largest absolute Gasteiger partial charge is 0.377 e. The van der Waals surface area contributed by atoms with Crippen LogP contribution in [-0.4, -0.2) is 56.0 Å². The van der Waals surface area contributed by atoms with Gasteiger partial charge >= 0.3 is 0 Å². The lowest BCUT2D eigenvalue weighted by Gasteiger charge is -2.15. The number of aromatic nitrogens is 2. The van der Waals surface area contributed by atoms with Gasteiger partial charge in [0, 0.05) is 51.8 Å². The molecule has 2 rings (SSSR count). The van der Waals surface area contributed by atoms with Gasteiger partial charge in [-0.15, -0.1) is 0 Å². The lowest BCUT2D eigenvalue weighted by Crippen LogP contribution is -2.27. The van der Waals surface area contributed by atoms with Gasteiger partial charge in [0.15, 0.2) is 0 Å². The van der Waals surface area contributed by atoms with E-state index in [1.807, 2.05) is 12.4 Å². The molecule has 2 heterocycles. The Balaban J connectivity index is 1.90. The van der Waals surface area contributed by atoms with Crippen LogP contribution < -0.4 is 10.2 Å². The van der Waals surface area contributed by atoms with Crippen molar-refractivity contribution in [3.8, 4) is 0 Å². The lowest BCUT2D eigenvalue weighted by atomic mass is 10.2. The van der Waals surface area contributed by atoms with Crippen LogP contribution in [0.5, 0.6) is 0 Å². The molecule has 118 valence electrons. The summed E-state index contributed by atoms with van der Waals surface area (Å²) < 4.78 is 10.9. The minimum Gasteiger partial charge on any atom is -0.377 e. The van der Waals surface area contributed by atoms with Gasteiger partial charge in [-0.2, -0.15) is 0 Å². The highest BCUT2D eigenvalue weighted by Gasteiger charge is 2.34. The Hall–Kier alpha value is -1.24. The quantitative estimate of drug-likeness (QED) is 0.812. The number of hydrogen-bond acceptors (Lipinski definition) is 6. The van der Waals surface area contributed by atoms with Crippen LogP contribution in [0.2, 0.25) is 0 Å². The predicted molar refractivity (Wildman–Crippen MR) is 82.4 cm³/mol. The second kappa shape index (κ2) is 7.68. The average molecular weight is 294 g/mol. The smallest absolute Gasteiger partial charge is 0.225 e. The molecule has 1 aliphatic rings. The van der Waals surface area contributed by atoms with Crippen molar-refractivity contribution in [2.24, 2.45) is 5.92 Å². The fraction of sp³-hybridized carbons (Fsp3) is 0.733. The second-order valence-electron chi connectivity index (χ2n) is 5.87. The molecule has 0 bridgehead atoms. The second-order valence-corrected chi connectivity index (χ2v) is 5.87. The Bertz CT molecular complexity index is 412. The van der Waals surface area contributed by atoms with E-state index in [0.29, 0.717) is 5.92 Å². The fourth-order valence-electron chi connectivity index (χ4n) is 2.47. The number of methoxy groups -OCH3 is 2. The third-order valence-corrected chi connectivity index (χ3v) is 3.68. The number of ether oxygens (including phenoxy) is 2. The highest BCUT2D eigenvalue weighted by Crippen LogP contribution is 2.20. The summed E-state index contributed by atoms with van der Waals surface area (Å²) >= 11 is 0. The van der Waals surface area contributed by atoms with Crippen molar-refractivity contribution < 1.29 is 9.47 Å². The summed E-state index contributed by atoms with van der Waals surface area (Å²) in [5.41, 5.74) is 1.10. The lowest BCUT2D eigenvalue weighted by molar-refractivity contribution is -0.00461. The Kier molecular flexibility index (Phi) is 5.90. The third-order valence-electron chi connectivity index (χ3n) is 3.68. The summed E-state index contributed by atoms with van der Waals surface area (Å²) in [6.07, 6.45) is 3.92. The molecule has 6 heteroatoms. The topological polar surface area (TPSA) is 59.5 Å². The first-order valence-electron chi connectivity index (χ1n) is 7.46. The van der Waals surface area contributed by atoms with Gasteiger partial charge in [0.2, 0.25) is 5.95 Å². The van der Waals surface area contributed by atoms with Crippen molar-refractivity contribution in [2.75, 3.05) is 38.8 Å². The van der Waals surface area contributed by atoms with E-state index in [1.165, 1.54) is 0 Å². The minimum absolute atomic E-state index is 0.0750. The van der Waals surface area contributed by atoms with Crippen LogP contribution in [0.1, 0.15) is 19.4 Å². The fourth-order valence-corrected chi connectivity index (χ4v) is 2.47. The van der Waals surface area contributed by atoms with Gasteiger partial charge in [-0.25, -0.2) is 9.97 Å². The van der Waals surface area contributed by atoms with Crippen LogP contribution in [0.25, 0.3) is 0 Å². The van der Waals surface area contributed by atoms with Gasteiger partial charge in [-0.05, 0) is 12.5 Å². The standard InChI is InChI=1S/C15H26N4O2/c1-11(2)5-16-6-12-7-17-15(18-8-12)19-9-13(20-3)14(10-19)21-4/h7-8,11,13-14,16H,5-6,9-10H2,1-4H3. The molecule has 1 aliphatic heterocycles. The monoisotopic (exact) mass is 294 g/mol. The highest BCUT2D eigenvalue weighted by atomic mass is 16.5. The summed E-state index contributed by atoms with van der Waals surface area (Å²) in [7, 11) is 3.43. The maximum Gasteiger partial charge on any atom is 0.225 e. The molecule has 0 saturated carbocycles. The summed E-state index contributed by atoms with van der Waals surface area (Å²) in [5.74, 6) is 1.39. The van der Waals surface area contributed by atoms with Crippen molar-refractivity contribution in [3.05, 3.63) is 18.0 Å². The number of nitrogens with one attached hydrogen (secondary N) is 1. The van der Waals surface area contributed by atoms with E-state index in [-0.39, 0.29) is 12.2 Å². The third kappa shape index (κ3) is 4.36. The van der Waals surface area contributed by atoms with E-state index >= 15 is 0 Å². The van der Waals surface area contributed by atoms with Crippen LogP contribution >= 0.6 is 0 Å². The maximum absolute atomic E-state index is 5.43. The molecule has 0 amide bonds. The number of anilines is 1. The zero-order chi connectivity index (χ0) is 15.2. The van der Waals surface area contributed by atoms with Crippen molar-refractivity contribution in [2.45, 2.75) is 32.6 Å². The highest BCUT2D eigenvalue weighted by molar-refractivity contribution is 5.33. The zero-order valence-electron chi connectivity index (χ0n) is 13.4. The van der Waals surface area contributed by atoms with Gasteiger partial charge in [-0.1, -0.05) is 13.8 Å². The van der Waals surface area contributed by atoms with E-state index in [9.17, 15) is 0 Å². The van der Waals surface area contributed by atoms with Crippen LogP contribution in [0.4, 0.5) is 5.95 Å². The first kappa shape index (κ1) is 16.1. The van der Waals surface area contributed by atoms with Crippen LogP contribution in [-0.2, 0) is 16.0 Å². The first-order valence-corrected chi connectivity index (χ1v) is 7.46. The SMILES string of the molecule is COC1CN(c2ncc(CNCC(C)C)cn2)CC1OC. The number of nitrogens with zero attached hydrogens (tertiary/aromatic N) is 3. The Morgan fingerprint density at radius 1 is 1.19 bits per heavy atom. The molecule has 2 unspecified atom stereocenters.